The third kappa shape index (κ3) is 14.6. The second-order valence-corrected chi connectivity index (χ2v) is 11.8. The molecule has 0 unspecified atom stereocenters. The lowest BCUT2D eigenvalue weighted by Gasteiger charge is -2.29. The minimum Gasteiger partial charge on any atom is -0.466 e. The van der Waals surface area contributed by atoms with E-state index in [1.54, 1.807) is 41.5 Å². The smallest absolute Gasteiger partial charge is 0.319 e. The number of Topliss-reactive ketones (excluding diaryl/α,β-unsaturated/α-hetero) is 2. The fourth-order valence-electron chi connectivity index (χ4n) is 4.65. The summed E-state index contributed by atoms with van der Waals surface area (Å²) in [5.74, 6) is -5.42. The van der Waals surface area contributed by atoms with Crippen LogP contribution in [-0.4, -0.2) is 87.0 Å². The Hall–Kier alpha value is -3.84. The van der Waals surface area contributed by atoms with Crippen LogP contribution in [0.25, 0.3) is 0 Å². The molecular formula is C33H52O14. The number of carbonyl (C=O) groups excluding carboxylic acids is 8. The highest BCUT2D eigenvalue weighted by atomic mass is 16.6. The summed E-state index contributed by atoms with van der Waals surface area (Å²) in [6, 6.07) is 0. The molecule has 0 saturated carbocycles. The summed E-state index contributed by atoms with van der Waals surface area (Å²) < 4.78 is 30.7. The Bertz CT molecular complexity index is 1030. The fraction of sp³-hybridized carbons (Fsp3) is 0.758. The average Bonchev–Trinajstić information content (AvgIpc) is 2.99. The van der Waals surface area contributed by atoms with Crippen LogP contribution < -0.4 is 0 Å². The first-order chi connectivity index (χ1) is 22.0. The molecule has 47 heavy (non-hydrogen) atoms. The number of hydrogen-bond donors (Lipinski definition) is 0. The topological polar surface area (TPSA) is 192 Å². The van der Waals surface area contributed by atoms with Gasteiger partial charge in [-0.3, -0.25) is 38.4 Å². The molecule has 14 heteroatoms. The van der Waals surface area contributed by atoms with Gasteiger partial charge >= 0.3 is 35.8 Å². The molecule has 0 saturated heterocycles. The third-order valence-corrected chi connectivity index (χ3v) is 7.56. The van der Waals surface area contributed by atoms with E-state index in [1.165, 1.54) is 13.8 Å². The van der Waals surface area contributed by atoms with Crippen molar-refractivity contribution in [2.24, 2.45) is 16.2 Å². The van der Waals surface area contributed by atoms with Crippen LogP contribution >= 0.6 is 0 Å². The molecule has 0 amide bonds. The van der Waals surface area contributed by atoms with Gasteiger partial charge in [-0.15, -0.1) is 0 Å². The van der Waals surface area contributed by atoms with Crippen molar-refractivity contribution in [2.75, 3.05) is 39.6 Å². The molecule has 0 radical (unpaired) electrons. The number of hydrogen-bond acceptors (Lipinski definition) is 14. The fourth-order valence-corrected chi connectivity index (χ4v) is 4.65. The van der Waals surface area contributed by atoms with E-state index in [4.69, 9.17) is 28.4 Å². The Labute approximate surface area is 276 Å². The van der Waals surface area contributed by atoms with Gasteiger partial charge in [-0.2, -0.15) is 0 Å². The maximum absolute atomic E-state index is 12.8. The van der Waals surface area contributed by atoms with Crippen LogP contribution in [0.5, 0.6) is 0 Å². The first kappa shape index (κ1) is 43.2. The van der Waals surface area contributed by atoms with Gasteiger partial charge in [0.25, 0.3) is 0 Å². The molecule has 0 aromatic heterocycles. The zero-order valence-corrected chi connectivity index (χ0v) is 29.1. The molecule has 0 heterocycles. The molecule has 0 bridgehead atoms. The van der Waals surface area contributed by atoms with Crippen LogP contribution in [0.2, 0.25) is 0 Å². The SMILES string of the molecule is CCOC(=O)CC[C@](CCC(=O)OCC(C)(C)COC(=O)CC[C@@](CCC(=O)OCC)(C(C)=O)C(=O)OCC)(C(C)=O)C(=O)OCC. The molecule has 0 N–H and O–H groups in total. The largest absolute Gasteiger partial charge is 0.466 e. The highest BCUT2D eigenvalue weighted by Gasteiger charge is 2.46. The molecule has 268 valence electrons. The molecule has 0 aromatic rings. The maximum atomic E-state index is 12.8. The van der Waals surface area contributed by atoms with E-state index in [2.05, 4.69) is 0 Å². The van der Waals surface area contributed by atoms with Crippen molar-refractivity contribution in [1.82, 2.24) is 0 Å². The van der Waals surface area contributed by atoms with Gasteiger partial charge in [0.1, 0.15) is 22.4 Å². The van der Waals surface area contributed by atoms with E-state index in [9.17, 15) is 38.4 Å². The minimum absolute atomic E-state index is 0.00319. The van der Waals surface area contributed by atoms with E-state index in [0.29, 0.717) is 0 Å². The molecule has 0 fully saturated rings. The van der Waals surface area contributed by atoms with Crippen molar-refractivity contribution in [3.63, 3.8) is 0 Å². The van der Waals surface area contributed by atoms with Gasteiger partial charge in [0, 0.05) is 31.1 Å². The standard InChI is InChI=1S/C33H52O14/c1-9-42-25(36)13-17-32(23(5)34,29(40)44-11-3)19-15-27(38)46-21-31(7,8)22-47-28(39)16-20-33(24(6)35,30(41)45-12-4)18-14-26(37)43-10-2/h9-22H2,1-8H3/t32-,33-/m0/s1. The number of ketones is 2. The van der Waals surface area contributed by atoms with Crippen LogP contribution in [0.15, 0.2) is 0 Å². The van der Waals surface area contributed by atoms with E-state index < -0.39 is 63.6 Å². The minimum atomic E-state index is -1.73. The number of carbonyl (C=O) groups is 8. The predicted molar refractivity (Wildman–Crippen MR) is 165 cm³/mol. The summed E-state index contributed by atoms with van der Waals surface area (Å²) in [5, 5.41) is 0. The number of ether oxygens (including phenoxy) is 6. The zero-order chi connectivity index (χ0) is 36.3. The summed E-state index contributed by atoms with van der Waals surface area (Å²) in [6.45, 7) is 12.0. The zero-order valence-electron chi connectivity index (χ0n) is 29.1. The van der Waals surface area contributed by atoms with E-state index in [1.807, 2.05) is 0 Å². The second-order valence-electron chi connectivity index (χ2n) is 11.8. The summed E-state index contributed by atoms with van der Waals surface area (Å²) in [7, 11) is 0. The van der Waals surface area contributed by atoms with Crippen molar-refractivity contribution in [3.05, 3.63) is 0 Å². The lowest BCUT2D eigenvalue weighted by atomic mass is 9.75. The molecule has 0 rings (SSSR count). The molecule has 0 aliphatic heterocycles. The first-order valence-electron chi connectivity index (χ1n) is 16.0. The predicted octanol–water partition coefficient (Wildman–Crippen LogP) is 3.62. The molecule has 14 nitrogen and oxygen atoms in total. The molecular weight excluding hydrogens is 620 g/mol. The third-order valence-electron chi connectivity index (χ3n) is 7.56. The van der Waals surface area contributed by atoms with Crippen LogP contribution in [0.1, 0.15) is 107 Å². The van der Waals surface area contributed by atoms with Crippen molar-refractivity contribution in [2.45, 2.75) is 107 Å². The van der Waals surface area contributed by atoms with Gasteiger partial charge in [-0.1, -0.05) is 13.8 Å². The van der Waals surface area contributed by atoms with Crippen LogP contribution in [0, 0.1) is 16.2 Å². The second kappa shape index (κ2) is 21.1. The van der Waals surface area contributed by atoms with Gasteiger partial charge in [-0.05, 0) is 67.2 Å². The highest BCUT2D eigenvalue weighted by Crippen LogP contribution is 2.35. The van der Waals surface area contributed by atoms with Crippen molar-refractivity contribution in [3.8, 4) is 0 Å². The maximum Gasteiger partial charge on any atom is 0.319 e. The van der Waals surface area contributed by atoms with Gasteiger partial charge in [-0.25, -0.2) is 0 Å². The van der Waals surface area contributed by atoms with Crippen molar-refractivity contribution >= 4 is 47.4 Å². The summed E-state index contributed by atoms with van der Waals surface area (Å²) in [4.78, 5) is 100. The van der Waals surface area contributed by atoms with E-state index in [0.717, 1.165) is 0 Å². The van der Waals surface area contributed by atoms with Crippen LogP contribution in [-0.2, 0) is 66.8 Å². The Kier molecular flexibility index (Phi) is 19.4. The van der Waals surface area contributed by atoms with E-state index >= 15 is 0 Å². The Morgan fingerprint density at radius 1 is 0.426 bits per heavy atom. The Balaban J connectivity index is 5.32. The molecule has 0 aliphatic carbocycles. The van der Waals surface area contributed by atoms with Crippen LogP contribution in [0.4, 0.5) is 0 Å². The van der Waals surface area contributed by atoms with Gasteiger partial charge < -0.3 is 28.4 Å². The first-order valence-corrected chi connectivity index (χ1v) is 16.0. The molecule has 2 atom stereocenters. The van der Waals surface area contributed by atoms with E-state index in [-0.39, 0.29) is 91.0 Å². The molecule has 0 aromatic carbocycles. The normalized spacial score (nSPS) is 13.6. The summed E-state index contributed by atoms with van der Waals surface area (Å²) in [5.41, 5.74) is -4.33. The van der Waals surface area contributed by atoms with Crippen LogP contribution in [0.3, 0.4) is 0 Å². The Morgan fingerprint density at radius 2 is 0.681 bits per heavy atom. The van der Waals surface area contributed by atoms with Gasteiger partial charge in [0.05, 0.1) is 39.6 Å². The highest BCUT2D eigenvalue weighted by molar-refractivity contribution is 6.04. The molecule has 0 spiro atoms. The molecule has 0 aliphatic rings. The van der Waals surface area contributed by atoms with Crippen molar-refractivity contribution < 1.29 is 66.8 Å². The Morgan fingerprint density at radius 3 is 0.915 bits per heavy atom. The summed E-state index contributed by atoms with van der Waals surface area (Å²) >= 11 is 0. The summed E-state index contributed by atoms with van der Waals surface area (Å²) in [6.07, 6.45) is -1.99. The lowest BCUT2D eigenvalue weighted by molar-refractivity contribution is -0.164. The number of rotatable bonds is 24. The quantitative estimate of drug-likeness (QED) is 0.0820. The lowest BCUT2D eigenvalue weighted by Crippen LogP contribution is -2.41. The van der Waals surface area contributed by atoms with Gasteiger partial charge in [0.2, 0.25) is 0 Å². The number of esters is 6. The van der Waals surface area contributed by atoms with Crippen molar-refractivity contribution in [1.29, 1.82) is 0 Å². The average molecular weight is 673 g/mol. The van der Waals surface area contributed by atoms with Gasteiger partial charge in [0.15, 0.2) is 0 Å². The monoisotopic (exact) mass is 672 g/mol.